The van der Waals surface area contributed by atoms with Crippen LogP contribution in [0.5, 0.6) is 0 Å². The number of hydrogen-bond donors (Lipinski definition) is 1. The highest BCUT2D eigenvalue weighted by molar-refractivity contribution is 6.28. The summed E-state index contributed by atoms with van der Waals surface area (Å²) in [6, 6.07) is 7.55. The van der Waals surface area contributed by atoms with Gasteiger partial charge in [-0.2, -0.15) is 0 Å². The van der Waals surface area contributed by atoms with E-state index in [-0.39, 0.29) is 6.04 Å². The van der Waals surface area contributed by atoms with Crippen LogP contribution in [-0.2, 0) is 6.42 Å². The van der Waals surface area contributed by atoms with Gasteiger partial charge in [-0.3, -0.25) is 0 Å². The SMILES string of the molecule is CCCNC(c1ccc(Cl)o1)c1ccc(CC)o1. The van der Waals surface area contributed by atoms with Gasteiger partial charge < -0.3 is 14.2 Å². The van der Waals surface area contributed by atoms with Crippen LogP contribution in [0.15, 0.2) is 33.1 Å². The van der Waals surface area contributed by atoms with Crippen molar-refractivity contribution < 1.29 is 8.83 Å². The smallest absolute Gasteiger partial charge is 0.193 e. The Hall–Kier alpha value is -1.19. The van der Waals surface area contributed by atoms with Crippen molar-refractivity contribution in [2.45, 2.75) is 32.7 Å². The lowest BCUT2D eigenvalue weighted by atomic mass is 10.1. The Bertz CT molecular complexity index is 489. The van der Waals surface area contributed by atoms with E-state index >= 15 is 0 Å². The van der Waals surface area contributed by atoms with E-state index in [9.17, 15) is 0 Å². The van der Waals surface area contributed by atoms with Crippen LogP contribution in [0.2, 0.25) is 5.22 Å². The van der Waals surface area contributed by atoms with Gasteiger partial charge in [-0.1, -0.05) is 13.8 Å². The Labute approximate surface area is 112 Å². The summed E-state index contributed by atoms with van der Waals surface area (Å²) in [5.74, 6) is 2.63. The fourth-order valence-electron chi connectivity index (χ4n) is 1.85. The standard InChI is InChI=1S/C14H18ClNO2/c1-3-9-16-14(12-7-8-13(15)18-12)11-6-5-10(4-2)17-11/h5-8,14,16H,3-4,9H2,1-2H3. The molecule has 2 aromatic rings. The van der Waals surface area contributed by atoms with Crippen molar-refractivity contribution in [2.75, 3.05) is 6.54 Å². The van der Waals surface area contributed by atoms with E-state index in [0.717, 1.165) is 36.7 Å². The van der Waals surface area contributed by atoms with Crippen molar-refractivity contribution in [3.8, 4) is 0 Å². The number of rotatable bonds is 6. The Morgan fingerprint density at radius 1 is 1.11 bits per heavy atom. The van der Waals surface area contributed by atoms with Gasteiger partial charge in [-0.25, -0.2) is 0 Å². The second-order valence-corrected chi connectivity index (χ2v) is 4.56. The molecule has 0 aliphatic rings. The van der Waals surface area contributed by atoms with E-state index in [2.05, 4.69) is 19.2 Å². The lowest BCUT2D eigenvalue weighted by Gasteiger charge is -2.13. The minimum atomic E-state index is -0.0715. The average Bonchev–Trinajstić information content (AvgIpc) is 2.99. The Balaban J connectivity index is 2.24. The first-order chi connectivity index (χ1) is 8.74. The monoisotopic (exact) mass is 267 g/mol. The minimum Gasteiger partial charge on any atom is -0.464 e. The van der Waals surface area contributed by atoms with Gasteiger partial charge in [0.05, 0.1) is 0 Å². The second-order valence-electron chi connectivity index (χ2n) is 4.19. The molecule has 0 spiro atoms. The second kappa shape index (κ2) is 6.12. The largest absolute Gasteiger partial charge is 0.464 e. The molecule has 0 radical (unpaired) electrons. The molecule has 0 aliphatic carbocycles. The molecule has 0 aliphatic heterocycles. The van der Waals surface area contributed by atoms with Crippen molar-refractivity contribution >= 4 is 11.6 Å². The summed E-state index contributed by atoms with van der Waals surface area (Å²) in [4.78, 5) is 0. The molecule has 4 heteroatoms. The van der Waals surface area contributed by atoms with E-state index in [1.54, 1.807) is 6.07 Å². The fraction of sp³-hybridized carbons (Fsp3) is 0.429. The quantitative estimate of drug-likeness (QED) is 0.853. The van der Waals surface area contributed by atoms with Crippen LogP contribution in [0.3, 0.4) is 0 Å². The molecule has 0 saturated carbocycles. The highest BCUT2D eigenvalue weighted by atomic mass is 35.5. The molecule has 1 atom stereocenters. The normalized spacial score (nSPS) is 12.8. The van der Waals surface area contributed by atoms with E-state index in [0.29, 0.717) is 5.22 Å². The molecule has 0 amide bonds. The summed E-state index contributed by atoms with van der Waals surface area (Å²) < 4.78 is 11.3. The van der Waals surface area contributed by atoms with Gasteiger partial charge in [0.15, 0.2) is 5.22 Å². The van der Waals surface area contributed by atoms with Crippen LogP contribution in [0.25, 0.3) is 0 Å². The molecule has 0 aromatic carbocycles. The van der Waals surface area contributed by atoms with Gasteiger partial charge in [0.2, 0.25) is 0 Å². The lowest BCUT2D eigenvalue weighted by Crippen LogP contribution is -2.22. The fourth-order valence-corrected chi connectivity index (χ4v) is 2.01. The number of aryl methyl sites for hydroxylation is 1. The summed E-state index contributed by atoms with van der Waals surface area (Å²) in [7, 11) is 0. The van der Waals surface area contributed by atoms with E-state index in [4.69, 9.17) is 20.4 Å². The Morgan fingerprint density at radius 3 is 2.39 bits per heavy atom. The maximum absolute atomic E-state index is 5.83. The molecule has 98 valence electrons. The lowest BCUT2D eigenvalue weighted by molar-refractivity contribution is 0.377. The molecule has 18 heavy (non-hydrogen) atoms. The zero-order valence-corrected chi connectivity index (χ0v) is 11.5. The summed E-state index contributed by atoms with van der Waals surface area (Å²) >= 11 is 5.83. The first kappa shape index (κ1) is 13.2. The number of hydrogen-bond acceptors (Lipinski definition) is 3. The summed E-state index contributed by atoms with van der Waals surface area (Å²) in [6.07, 6.45) is 1.94. The van der Waals surface area contributed by atoms with Gasteiger partial charge in [0.1, 0.15) is 23.3 Å². The van der Waals surface area contributed by atoms with Gasteiger partial charge in [0.25, 0.3) is 0 Å². The van der Waals surface area contributed by atoms with Crippen LogP contribution in [0.1, 0.15) is 43.6 Å². The molecular formula is C14H18ClNO2. The Kier molecular flexibility index (Phi) is 4.50. The van der Waals surface area contributed by atoms with Crippen molar-refractivity contribution in [2.24, 2.45) is 0 Å². The Morgan fingerprint density at radius 2 is 1.83 bits per heavy atom. The zero-order valence-electron chi connectivity index (χ0n) is 10.7. The molecule has 0 saturated heterocycles. The third-order valence-electron chi connectivity index (χ3n) is 2.79. The van der Waals surface area contributed by atoms with Crippen molar-refractivity contribution in [1.29, 1.82) is 0 Å². The predicted molar refractivity (Wildman–Crippen MR) is 71.9 cm³/mol. The van der Waals surface area contributed by atoms with Crippen molar-refractivity contribution in [1.82, 2.24) is 5.32 Å². The van der Waals surface area contributed by atoms with Crippen LogP contribution in [0.4, 0.5) is 0 Å². The maximum Gasteiger partial charge on any atom is 0.193 e. The van der Waals surface area contributed by atoms with Crippen LogP contribution in [0, 0.1) is 0 Å². The highest BCUT2D eigenvalue weighted by Crippen LogP contribution is 2.27. The molecule has 0 bridgehead atoms. The highest BCUT2D eigenvalue weighted by Gasteiger charge is 2.20. The molecule has 2 aromatic heterocycles. The third kappa shape index (κ3) is 2.98. The van der Waals surface area contributed by atoms with E-state index < -0.39 is 0 Å². The molecule has 2 rings (SSSR count). The minimum absolute atomic E-state index is 0.0715. The summed E-state index contributed by atoms with van der Waals surface area (Å²) in [5, 5.41) is 3.81. The summed E-state index contributed by atoms with van der Waals surface area (Å²) in [5.41, 5.74) is 0. The average molecular weight is 268 g/mol. The van der Waals surface area contributed by atoms with Gasteiger partial charge >= 0.3 is 0 Å². The van der Waals surface area contributed by atoms with Gasteiger partial charge in [-0.15, -0.1) is 0 Å². The first-order valence-corrected chi connectivity index (χ1v) is 6.69. The van der Waals surface area contributed by atoms with Crippen molar-refractivity contribution in [3.63, 3.8) is 0 Å². The van der Waals surface area contributed by atoms with Gasteiger partial charge in [0, 0.05) is 6.42 Å². The summed E-state index contributed by atoms with van der Waals surface area (Å²) in [6.45, 7) is 5.09. The van der Waals surface area contributed by atoms with Crippen LogP contribution in [-0.4, -0.2) is 6.54 Å². The molecule has 0 fully saturated rings. The zero-order chi connectivity index (χ0) is 13.0. The number of furan rings is 2. The molecule has 1 N–H and O–H groups in total. The molecular weight excluding hydrogens is 250 g/mol. The van der Waals surface area contributed by atoms with Crippen LogP contribution < -0.4 is 5.32 Å². The van der Waals surface area contributed by atoms with Crippen LogP contribution >= 0.6 is 11.6 Å². The van der Waals surface area contributed by atoms with Crippen molar-refractivity contribution in [3.05, 3.63) is 46.8 Å². The maximum atomic E-state index is 5.83. The molecule has 2 heterocycles. The van der Waals surface area contributed by atoms with E-state index in [1.165, 1.54) is 0 Å². The van der Waals surface area contributed by atoms with E-state index in [1.807, 2.05) is 18.2 Å². The van der Waals surface area contributed by atoms with Gasteiger partial charge in [-0.05, 0) is 48.8 Å². The first-order valence-electron chi connectivity index (χ1n) is 6.31. The number of nitrogens with one attached hydrogen (secondary N) is 1. The predicted octanol–water partition coefficient (Wildman–Crippen LogP) is 4.18. The molecule has 3 nitrogen and oxygen atoms in total. The topological polar surface area (TPSA) is 38.3 Å². The molecule has 1 unspecified atom stereocenters. The number of halogens is 1. The third-order valence-corrected chi connectivity index (χ3v) is 3.00.